The van der Waals surface area contributed by atoms with Crippen molar-refractivity contribution in [1.29, 1.82) is 5.26 Å². The molecule has 3 nitrogen and oxygen atoms in total. The molecule has 1 unspecified atom stereocenters. The maximum absolute atomic E-state index is 8.98. The summed E-state index contributed by atoms with van der Waals surface area (Å²) in [5, 5.41) is 12.6. The highest BCUT2D eigenvalue weighted by atomic mass is 14.9. The Kier molecular flexibility index (Phi) is 4.97. The molecule has 0 aliphatic rings. The van der Waals surface area contributed by atoms with Crippen LogP contribution in [0.1, 0.15) is 42.6 Å². The largest absolute Gasteiger partial charge is 0.342 e. The zero-order valence-electron chi connectivity index (χ0n) is 12.1. The fourth-order valence-corrected chi connectivity index (χ4v) is 2.44. The van der Waals surface area contributed by atoms with Crippen molar-refractivity contribution in [3.8, 4) is 6.07 Å². The number of nitriles is 1. The molecule has 1 atom stereocenters. The predicted octanol–water partition coefficient (Wildman–Crippen LogP) is 3.53. The molecule has 3 heteroatoms. The first-order valence-corrected chi connectivity index (χ1v) is 7.08. The number of hydrogen-bond acceptors (Lipinski definition) is 2. The summed E-state index contributed by atoms with van der Waals surface area (Å²) in [7, 11) is 1.91. The molecule has 0 saturated carbocycles. The molecule has 0 aliphatic carbocycles. The molecule has 0 amide bonds. The summed E-state index contributed by atoms with van der Waals surface area (Å²) in [4.78, 5) is 0. The molecule has 1 N–H and O–H groups in total. The van der Waals surface area contributed by atoms with Gasteiger partial charge in [0, 0.05) is 25.8 Å². The maximum atomic E-state index is 8.98. The summed E-state index contributed by atoms with van der Waals surface area (Å²) in [5.74, 6) is 0. The van der Waals surface area contributed by atoms with Gasteiger partial charge in [-0.1, -0.05) is 43.7 Å². The van der Waals surface area contributed by atoms with Gasteiger partial charge in [0.2, 0.25) is 0 Å². The Morgan fingerprint density at radius 2 is 2.05 bits per heavy atom. The Balaban J connectivity index is 2.04. The van der Waals surface area contributed by atoms with Crippen LogP contribution in [-0.2, 0) is 13.6 Å². The van der Waals surface area contributed by atoms with Crippen LogP contribution in [0.4, 0.5) is 0 Å². The molecular weight excluding hydrogens is 246 g/mol. The monoisotopic (exact) mass is 267 g/mol. The number of aromatic nitrogens is 1. The highest BCUT2D eigenvalue weighted by Gasteiger charge is 2.10. The van der Waals surface area contributed by atoms with Gasteiger partial charge in [-0.15, -0.1) is 0 Å². The third-order valence-electron chi connectivity index (χ3n) is 3.51. The van der Waals surface area contributed by atoms with Crippen LogP contribution in [0.3, 0.4) is 0 Å². The van der Waals surface area contributed by atoms with Crippen LogP contribution in [0.25, 0.3) is 0 Å². The third kappa shape index (κ3) is 3.49. The minimum Gasteiger partial charge on any atom is -0.342 e. The number of benzene rings is 1. The Hall–Kier alpha value is -2.05. The molecular formula is C17H21N3. The van der Waals surface area contributed by atoms with Crippen LogP contribution in [-0.4, -0.2) is 4.57 Å². The Morgan fingerprint density at radius 1 is 1.30 bits per heavy atom. The van der Waals surface area contributed by atoms with Gasteiger partial charge in [0.05, 0.1) is 0 Å². The average Bonchev–Trinajstić information content (AvgIpc) is 2.84. The first-order valence-electron chi connectivity index (χ1n) is 7.08. The van der Waals surface area contributed by atoms with E-state index < -0.39 is 0 Å². The van der Waals surface area contributed by atoms with Crippen molar-refractivity contribution in [2.24, 2.45) is 7.05 Å². The van der Waals surface area contributed by atoms with E-state index in [0.717, 1.165) is 24.9 Å². The van der Waals surface area contributed by atoms with E-state index in [1.165, 1.54) is 5.56 Å². The Labute approximate surface area is 120 Å². The SMILES string of the molecule is CCCC(NCc1cc(C#N)n(C)c1)c1ccccc1. The van der Waals surface area contributed by atoms with Gasteiger partial charge < -0.3 is 9.88 Å². The van der Waals surface area contributed by atoms with E-state index in [4.69, 9.17) is 5.26 Å². The van der Waals surface area contributed by atoms with E-state index in [2.05, 4.69) is 42.6 Å². The van der Waals surface area contributed by atoms with Crippen molar-refractivity contribution in [2.45, 2.75) is 32.4 Å². The van der Waals surface area contributed by atoms with E-state index >= 15 is 0 Å². The standard InChI is InChI=1S/C17H21N3/c1-3-7-17(15-8-5-4-6-9-15)19-12-14-10-16(11-18)20(2)13-14/h4-6,8-10,13,17,19H,3,7,12H2,1-2H3. The maximum Gasteiger partial charge on any atom is 0.120 e. The molecule has 104 valence electrons. The van der Waals surface area contributed by atoms with Gasteiger partial charge in [0.25, 0.3) is 0 Å². The number of rotatable bonds is 6. The lowest BCUT2D eigenvalue weighted by molar-refractivity contribution is 0.493. The van der Waals surface area contributed by atoms with Gasteiger partial charge in [-0.25, -0.2) is 0 Å². The summed E-state index contributed by atoms with van der Waals surface area (Å²) < 4.78 is 1.87. The molecule has 2 rings (SSSR count). The molecule has 0 radical (unpaired) electrons. The molecule has 20 heavy (non-hydrogen) atoms. The Bertz CT molecular complexity index is 578. The van der Waals surface area contributed by atoms with Crippen LogP contribution in [0.15, 0.2) is 42.6 Å². The smallest absolute Gasteiger partial charge is 0.120 e. The highest BCUT2D eigenvalue weighted by molar-refractivity contribution is 5.28. The zero-order valence-corrected chi connectivity index (χ0v) is 12.1. The number of aryl methyl sites for hydroxylation is 1. The molecule has 0 saturated heterocycles. The Morgan fingerprint density at radius 3 is 2.65 bits per heavy atom. The summed E-state index contributed by atoms with van der Waals surface area (Å²) >= 11 is 0. The van der Waals surface area contributed by atoms with E-state index in [-0.39, 0.29) is 0 Å². The number of hydrogen-bond donors (Lipinski definition) is 1. The second-order valence-electron chi connectivity index (χ2n) is 5.09. The fourth-order valence-electron chi connectivity index (χ4n) is 2.44. The van der Waals surface area contributed by atoms with Crippen LogP contribution in [0.2, 0.25) is 0 Å². The molecule has 1 aromatic heterocycles. The molecule has 0 bridgehead atoms. The van der Waals surface area contributed by atoms with Crippen molar-refractivity contribution in [2.75, 3.05) is 0 Å². The lowest BCUT2D eigenvalue weighted by Gasteiger charge is -2.18. The minimum atomic E-state index is 0.368. The fraction of sp³-hybridized carbons (Fsp3) is 0.353. The lowest BCUT2D eigenvalue weighted by Crippen LogP contribution is -2.20. The van der Waals surface area contributed by atoms with E-state index in [9.17, 15) is 0 Å². The topological polar surface area (TPSA) is 40.8 Å². The second-order valence-corrected chi connectivity index (χ2v) is 5.09. The quantitative estimate of drug-likeness (QED) is 0.870. The van der Waals surface area contributed by atoms with Crippen molar-refractivity contribution < 1.29 is 0 Å². The van der Waals surface area contributed by atoms with E-state index in [1.807, 2.05) is 29.9 Å². The van der Waals surface area contributed by atoms with Crippen molar-refractivity contribution in [1.82, 2.24) is 9.88 Å². The van der Waals surface area contributed by atoms with Crippen LogP contribution < -0.4 is 5.32 Å². The van der Waals surface area contributed by atoms with Gasteiger partial charge in [0.1, 0.15) is 11.8 Å². The second kappa shape index (κ2) is 6.93. The van der Waals surface area contributed by atoms with Crippen LogP contribution in [0, 0.1) is 11.3 Å². The predicted molar refractivity (Wildman–Crippen MR) is 81.1 cm³/mol. The minimum absolute atomic E-state index is 0.368. The van der Waals surface area contributed by atoms with Gasteiger partial charge in [0.15, 0.2) is 0 Å². The van der Waals surface area contributed by atoms with Crippen molar-refractivity contribution >= 4 is 0 Å². The first kappa shape index (κ1) is 14.4. The summed E-state index contributed by atoms with van der Waals surface area (Å²) in [5.41, 5.74) is 3.18. The highest BCUT2D eigenvalue weighted by Crippen LogP contribution is 2.19. The normalized spacial score (nSPS) is 12.1. The number of nitrogens with one attached hydrogen (secondary N) is 1. The molecule has 0 spiro atoms. The molecule has 1 heterocycles. The molecule has 0 fully saturated rings. The van der Waals surface area contributed by atoms with Gasteiger partial charge in [-0.05, 0) is 23.6 Å². The van der Waals surface area contributed by atoms with Gasteiger partial charge in [-0.3, -0.25) is 0 Å². The van der Waals surface area contributed by atoms with Crippen molar-refractivity contribution in [3.05, 3.63) is 59.4 Å². The van der Waals surface area contributed by atoms with Gasteiger partial charge in [-0.2, -0.15) is 5.26 Å². The summed E-state index contributed by atoms with van der Waals surface area (Å²) in [6.45, 7) is 2.99. The summed E-state index contributed by atoms with van der Waals surface area (Å²) in [6, 6.07) is 15.0. The van der Waals surface area contributed by atoms with E-state index in [0.29, 0.717) is 11.7 Å². The van der Waals surface area contributed by atoms with Gasteiger partial charge >= 0.3 is 0 Å². The summed E-state index contributed by atoms with van der Waals surface area (Å²) in [6.07, 6.45) is 4.27. The first-order chi connectivity index (χ1) is 9.74. The van der Waals surface area contributed by atoms with Crippen LogP contribution >= 0.6 is 0 Å². The lowest BCUT2D eigenvalue weighted by atomic mass is 10.0. The molecule has 1 aromatic carbocycles. The molecule has 0 aliphatic heterocycles. The zero-order chi connectivity index (χ0) is 14.4. The number of nitrogens with zero attached hydrogens (tertiary/aromatic N) is 2. The van der Waals surface area contributed by atoms with Crippen molar-refractivity contribution in [3.63, 3.8) is 0 Å². The molecule has 2 aromatic rings. The third-order valence-corrected chi connectivity index (χ3v) is 3.51. The van der Waals surface area contributed by atoms with E-state index in [1.54, 1.807) is 0 Å². The van der Waals surface area contributed by atoms with Crippen LogP contribution in [0.5, 0.6) is 0 Å². The average molecular weight is 267 g/mol.